The zero-order valence-corrected chi connectivity index (χ0v) is 26.3. The third kappa shape index (κ3) is 6.87. The number of hydrogen-bond donors (Lipinski definition) is 1. The van der Waals surface area contributed by atoms with Gasteiger partial charge in [-0.15, -0.1) is 0 Å². The number of benzene rings is 2. The zero-order valence-electron chi connectivity index (χ0n) is 26.3. The smallest absolute Gasteiger partial charge is 0.305 e. The van der Waals surface area contributed by atoms with Gasteiger partial charge in [0.1, 0.15) is 5.75 Å². The Kier molecular flexibility index (Phi) is 9.70. The van der Waals surface area contributed by atoms with E-state index in [1.807, 2.05) is 23.1 Å². The fourth-order valence-corrected chi connectivity index (χ4v) is 6.78. The topological polar surface area (TPSA) is 102 Å². The summed E-state index contributed by atoms with van der Waals surface area (Å²) in [6, 6.07) is 14.7. The maximum atomic E-state index is 14.5. The fraction of sp³-hybridized carbons (Fsp3) is 0.514. The number of esters is 1. The number of fused-ring (bicyclic) bond motifs is 2. The van der Waals surface area contributed by atoms with E-state index in [9.17, 15) is 14.4 Å². The predicted molar refractivity (Wildman–Crippen MR) is 173 cm³/mol. The molecule has 0 radical (unpaired) electrons. The van der Waals surface area contributed by atoms with Crippen molar-refractivity contribution in [1.29, 1.82) is 0 Å². The van der Waals surface area contributed by atoms with E-state index in [-0.39, 0.29) is 42.3 Å². The summed E-state index contributed by atoms with van der Waals surface area (Å²) in [5.74, 6) is 0.403. The average molecular weight is 617 g/mol. The zero-order chi connectivity index (χ0) is 31.3. The van der Waals surface area contributed by atoms with E-state index in [4.69, 9.17) is 14.2 Å². The van der Waals surface area contributed by atoms with Gasteiger partial charge in [-0.05, 0) is 92.3 Å². The van der Waals surface area contributed by atoms with Crippen molar-refractivity contribution in [2.45, 2.75) is 63.5 Å². The van der Waals surface area contributed by atoms with Crippen LogP contribution in [-0.2, 0) is 30.4 Å². The van der Waals surface area contributed by atoms with Gasteiger partial charge < -0.3 is 33.9 Å². The van der Waals surface area contributed by atoms with Crippen molar-refractivity contribution in [2.75, 3.05) is 56.9 Å². The van der Waals surface area contributed by atoms with Crippen LogP contribution >= 0.6 is 0 Å². The normalized spacial score (nSPS) is 19.7. The van der Waals surface area contributed by atoms with Gasteiger partial charge in [-0.2, -0.15) is 0 Å². The molecule has 1 saturated heterocycles. The Morgan fingerprint density at radius 3 is 2.69 bits per heavy atom. The molecule has 1 aliphatic carbocycles. The highest BCUT2D eigenvalue weighted by atomic mass is 16.5. The first-order valence-electron chi connectivity index (χ1n) is 16.2. The molecule has 1 aromatic heterocycles. The molecule has 2 aliphatic heterocycles. The number of hydrogen-bond acceptors (Lipinski definition) is 7. The van der Waals surface area contributed by atoms with Gasteiger partial charge in [0, 0.05) is 63.2 Å². The summed E-state index contributed by atoms with van der Waals surface area (Å²) in [6.45, 7) is 3.42. The van der Waals surface area contributed by atoms with Crippen LogP contribution in [0.3, 0.4) is 0 Å². The number of carbonyl (C=O) groups is 3. The molecule has 0 unspecified atom stereocenters. The van der Waals surface area contributed by atoms with Crippen molar-refractivity contribution in [3.05, 3.63) is 54.2 Å². The molecule has 3 aromatic rings. The van der Waals surface area contributed by atoms with Crippen molar-refractivity contribution in [2.24, 2.45) is 5.92 Å². The van der Waals surface area contributed by atoms with Gasteiger partial charge in [-0.25, -0.2) is 0 Å². The standard InChI is InChI=1S/C35H44N4O6/c1-43-19-5-17-38-31-21-27(11-12-32(31)45-23-33(38)40)39(26-9-10-26)35(42)29-22-36-15-13-28(29)25-8-7-24-14-18-37(30(24)20-25)16-4-3-6-34(41)44-2/h7-8,11-12,14,18,20-21,26,28-29,36H,3-6,9-10,13,15-17,19,22-23H2,1-2H3/t28-,29+/m1/s1. The number of ether oxygens (including phenoxy) is 3. The van der Waals surface area contributed by atoms with Crippen LogP contribution in [-0.4, -0.2) is 75.5 Å². The summed E-state index contributed by atoms with van der Waals surface area (Å²) < 4.78 is 18.0. The SMILES string of the molecule is COCCCN1C(=O)COc2ccc(N(C(=O)[C@H]3CNCC[C@@H]3c3ccc4ccn(CCCCC(=O)OC)c4c3)C3CC3)cc21. The molecule has 2 fully saturated rings. The Balaban J connectivity index is 1.24. The van der Waals surface area contributed by atoms with Gasteiger partial charge in [0.15, 0.2) is 6.61 Å². The van der Waals surface area contributed by atoms with E-state index in [2.05, 4.69) is 40.3 Å². The molecule has 3 heterocycles. The second-order valence-electron chi connectivity index (χ2n) is 12.3. The van der Waals surface area contributed by atoms with Crippen LogP contribution < -0.4 is 19.9 Å². The lowest BCUT2D eigenvalue weighted by molar-refractivity contribution is -0.140. The molecule has 0 bridgehead atoms. The summed E-state index contributed by atoms with van der Waals surface area (Å²) in [5.41, 5.74) is 3.87. The lowest BCUT2D eigenvalue weighted by atomic mass is 9.80. The molecule has 10 nitrogen and oxygen atoms in total. The Morgan fingerprint density at radius 2 is 1.89 bits per heavy atom. The first-order valence-corrected chi connectivity index (χ1v) is 16.2. The highest BCUT2D eigenvalue weighted by Crippen LogP contribution is 2.42. The number of methoxy groups -OCH3 is 2. The van der Waals surface area contributed by atoms with E-state index < -0.39 is 0 Å². The largest absolute Gasteiger partial charge is 0.482 e. The number of unbranched alkanes of at least 4 members (excludes halogenated alkanes) is 1. The second-order valence-corrected chi connectivity index (χ2v) is 12.3. The molecule has 1 N–H and O–H groups in total. The fourth-order valence-electron chi connectivity index (χ4n) is 6.78. The minimum Gasteiger partial charge on any atom is -0.482 e. The molecule has 240 valence electrons. The van der Waals surface area contributed by atoms with Gasteiger partial charge in [-0.1, -0.05) is 12.1 Å². The van der Waals surface area contributed by atoms with Crippen molar-refractivity contribution in [1.82, 2.24) is 9.88 Å². The maximum absolute atomic E-state index is 14.5. The van der Waals surface area contributed by atoms with Crippen LogP contribution in [0.4, 0.5) is 11.4 Å². The van der Waals surface area contributed by atoms with Crippen LogP contribution in [0.2, 0.25) is 0 Å². The second kappa shape index (κ2) is 14.0. The number of anilines is 2. The Labute approximate surface area is 264 Å². The summed E-state index contributed by atoms with van der Waals surface area (Å²) in [7, 11) is 3.08. The van der Waals surface area contributed by atoms with E-state index >= 15 is 0 Å². The van der Waals surface area contributed by atoms with E-state index in [0.717, 1.165) is 62.1 Å². The molecule has 6 rings (SSSR count). The average Bonchev–Trinajstić information content (AvgIpc) is 3.82. The maximum Gasteiger partial charge on any atom is 0.305 e. The van der Waals surface area contributed by atoms with Gasteiger partial charge in [0.25, 0.3) is 5.91 Å². The molecule has 2 atom stereocenters. The summed E-state index contributed by atoms with van der Waals surface area (Å²) in [5, 5.41) is 4.66. The number of piperidine rings is 1. The monoisotopic (exact) mass is 616 g/mol. The number of nitrogens with one attached hydrogen (secondary N) is 1. The number of aromatic nitrogens is 1. The van der Waals surface area contributed by atoms with Gasteiger partial charge in [0.2, 0.25) is 5.91 Å². The number of rotatable bonds is 13. The van der Waals surface area contributed by atoms with Gasteiger partial charge in [0.05, 0.1) is 18.7 Å². The lowest BCUT2D eigenvalue weighted by Crippen LogP contribution is -2.47. The number of amides is 2. The first kappa shape index (κ1) is 31.1. The van der Waals surface area contributed by atoms with E-state index in [1.165, 1.54) is 18.1 Å². The molecule has 10 heteroatoms. The van der Waals surface area contributed by atoms with Crippen molar-refractivity contribution >= 4 is 40.1 Å². The summed E-state index contributed by atoms with van der Waals surface area (Å²) in [6.07, 6.45) is 7.73. The molecular weight excluding hydrogens is 572 g/mol. The summed E-state index contributed by atoms with van der Waals surface area (Å²) in [4.78, 5) is 42.6. The van der Waals surface area contributed by atoms with Crippen LogP contribution in [0.25, 0.3) is 10.9 Å². The Hall–Kier alpha value is -3.89. The van der Waals surface area contributed by atoms with Crippen LogP contribution in [0, 0.1) is 5.92 Å². The predicted octanol–water partition coefficient (Wildman–Crippen LogP) is 4.64. The van der Waals surface area contributed by atoms with Crippen molar-refractivity contribution in [3.63, 3.8) is 0 Å². The molecule has 45 heavy (non-hydrogen) atoms. The third-order valence-corrected chi connectivity index (χ3v) is 9.33. The molecule has 2 aromatic carbocycles. The van der Waals surface area contributed by atoms with Crippen LogP contribution in [0.15, 0.2) is 48.7 Å². The molecule has 2 amide bonds. The quantitative estimate of drug-likeness (QED) is 0.221. The highest BCUT2D eigenvalue weighted by molar-refractivity contribution is 6.01. The molecule has 3 aliphatic rings. The Morgan fingerprint density at radius 1 is 1.02 bits per heavy atom. The first-order chi connectivity index (χ1) is 22.0. The lowest BCUT2D eigenvalue weighted by Gasteiger charge is -2.36. The highest BCUT2D eigenvalue weighted by Gasteiger charge is 2.41. The van der Waals surface area contributed by atoms with Crippen LogP contribution in [0.5, 0.6) is 5.75 Å². The Bertz CT molecular complexity index is 1530. The minimum atomic E-state index is -0.216. The van der Waals surface area contributed by atoms with Gasteiger partial charge in [-0.3, -0.25) is 14.4 Å². The summed E-state index contributed by atoms with van der Waals surface area (Å²) >= 11 is 0. The van der Waals surface area contributed by atoms with Gasteiger partial charge >= 0.3 is 5.97 Å². The molecule has 0 spiro atoms. The molecular formula is C35H44N4O6. The number of aryl methyl sites for hydroxylation is 1. The van der Waals surface area contributed by atoms with Crippen molar-refractivity contribution in [3.8, 4) is 5.75 Å². The van der Waals surface area contributed by atoms with E-state index in [1.54, 1.807) is 12.0 Å². The third-order valence-electron chi connectivity index (χ3n) is 9.33. The molecule has 1 saturated carbocycles. The van der Waals surface area contributed by atoms with E-state index in [0.29, 0.717) is 38.3 Å². The van der Waals surface area contributed by atoms with Crippen molar-refractivity contribution < 1.29 is 28.6 Å². The van der Waals surface area contributed by atoms with Crippen LogP contribution in [0.1, 0.15) is 56.4 Å². The number of carbonyl (C=O) groups excluding carboxylic acids is 3. The number of nitrogens with zero attached hydrogens (tertiary/aromatic N) is 3. The minimum absolute atomic E-state index is 0.0151.